The summed E-state index contributed by atoms with van der Waals surface area (Å²) in [7, 11) is 0. The molecule has 0 N–H and O–H groups in total. The zero-order chi connectivity index (χ0) is 16.9. The fourth-order valence-corrected chi connectivity index (χ4v) is 2.62. The molecule has 5 heteroatoms. The second-order valence-electron chi connectivity index (χ2n) is 5.08. The molecule has 1 atom stereocenters. The van der Waals surface area contributed by atoms with Crippen molar-refractivity contribution in [3.05, 3.63) is 94.2 Å². The number of aromatic nitrogens is 1. The second-order valence-corrected chi connectivity index (χ2v) is 5.92. The quantitative estimate of drug-likeness (QED) is 0.574. The highest BCUT2D eigenvalue weighted by atomic mass is 35.5. The van der Waals surface area contributed by atoms with Gasteiger partial charge in [-0.05, 0) is 42.5 Å². The summed E-state index contributed by atoms with van der Waals surface area (Å²) in [6, 6.07) is 17.4. The number of ketones is 1. The van der Waals surface area contributed by atoms with Crippen molar-refractivity contribution < 1.29 is 9.53 Å². The smallest absolute Gasteiger partial charge is 0.209 e. The molecule has 0 aliphatic rings. The molecule has 3 rings (SSSR count). The maximum Gasteiger partial charge on any atom is 0.209 e. The minimum absolute atomic E-state index is 0.217. The first-order valence-corrected chi connectivity index (χ1v) is 8.01. The number of carbonyl (C=O) groups excluding carboxylic acids is 1. The van der Waals surface area contributed by atoms with E-state index in [4.69, 9.17) is 27.9 Å². The number of hydrogen-bond acceptors (Lipinski definition) is 3. The third-order valence-corrected chi connectivity index (χ3v) is 4.04. The predicted octanol–water partition coefficient (Wildman–Crippen LogP) is 5.39. The highest BCUT2D eigenvalue weighted by Crippen LogP contribution is 2.30. The van der Waals surface area contributed by atoms with Gasteiger partial charge in [-0.25, -0.2) is 0 Å². The fraction of sp³-hybridized carbons (Fsp3) is 0.0526. The number of carbonyl (C=O) groups is 1. The van der Waals surface area contributed by atoms with Crippen molar-refractivity contribution in [2.75, 3.05) is 0 Å². The van der Waals surface area contributed by atoms with Crippen LogP contribution in [0.5, 0.6) is 5.75 Å². The zero-order valence-corrected chi connectivity index (χ0v) is 14.0. The summed E-state index contributed by atoms with van der Waals surface area (Å²) in [6.07, 6.45) is 2.25. The van der Waals surface area contributed by atoms with Gasteiger partial charge < -0.3 is 4.74 Å². The van der Waals surface area contributed by atoms with Crippen molar-refractivity contribution in [3.8, 4) is 5.75 Å². The normalized spacial score (nSPS) is 11.8. The van der Waals surface area contributed by atoms with E-state index in [1.165, 1.54) is 6.20 Å². The Morgan fingerprint density at radius 3 is 2.38 bits per heavy atom. The number of hydrogen-bond donors (Lipinski definition) is 0. The van der Waals surface area contributed by atoms with Crippen LogP contribution >= 0.6 is 23.2 Å². The number of pyridine rings is 1. The van der Waals surface area contributed by atoms with Crippen molar-refractivity contribution >= 4 is 29.0 Å². The Hall–Kier alpha value is -2.36. The Morgan fingerprint density at radius 2 is 1.71 bits per heavy atom. The Kier molecular flexibility index (Phi) is 5.14. The molecule has 0 amide bonds. The van der Waals surface area contributed by atoms with Gasteiger partial charge in [-0.3, -0.25) is 9.78 Å². The average molecular weight is 358 g/mol. The lowest BCUT2D eigenvalue weighted by Gasteiger charge is -2.19. The second kappa shape index (κ2) is 7.47. The number of halogens is 2. The van der Waals surface area contributed by atoms with Gasteiger partial charge in [0, 0.05) is 33.6 Å². The average Bonchev–Trinajstić information content (AvgIpc) is 2.62. The third kappa shape index (κ3) is 3.75. The minimum Gasteiger partial charge on any atom is -0.477 e. The van der Waals surface area contributed by atoms with Gasteiger partial charge in [-0.1, -0.05) is 41.4 Å². The van der Waals surface area contributed by atoms with E-state index in [1.54, 1.807) is 60.8 Å². The van der Waals surface area contributed by atoms with E-state index in [2.05, 4.69) is 4.98 Å². The van der Waals surface area contributed by atoms with E-state index < -0.39 is 6.10 Å². The minimum atomic E-state index is -0.871. The molecule has 1 unspecified atom stereocenters. The lowest BCUT2D eigenvalue weighted by atomic mass is 10.0. The van der Waals surface area contributed by atoms with Crippen molar-refractivity contribution in [2.45, 2.75) is 6.10 Å². The monoisotopic (exact) mass is 357 g/mol. The molecule has 3 nitrogen and oxygen atoms in total. The summed E-state index contributed by atoms with van der Waals surface area (Å²) >= 11 is 12.2. The number of rotatable bonds is 5. The van der Waals surface area contributed by atoms with Crippen LogP contribution < -0.4 is 4.74 Å². The van der Waals surface area contributed by atoms with Gasteiger partial charge in [-0.2, -0.15) is 0 Å². The molecule has 1 aromatic heterocycles. The van der Waals surface area contributed by atoms with Gasteiger partial charge in [0.25, 0.3) is 0 Å². The van der Waals surface area contributed by atoms with E-state index in [0.717, 1.165) is 0 Å². The maximum absolute atomic E-state index is 12.9. The third-order valence-electron chi connectivity index (χ3n) is 3.44. The molecule has 0 saturated heterocycles. The molecule has 3 aromatic rings. The molecular formula is C19H13Cl2NO2. The van der Waals surface area contributed by atoms with E-state index in [1.807, 2.05) is 6.07 Å². The van der Waals surface area contributed by atoms with Gasteiger partial charge in [-0.15, -0.1) is 0 Å². The van der Waals surface area contributed by atoms with Crippen LogP contribution in [-0.4, -0.2) is 10.8 Å². The molecule has 0 bridgehead atoms. The SMILES string of the molecule is O=C(c1cccnc1)C(Oc1ccc(Cl)cc1)c1ccccc1Cl. The van der Waals surface area contributed by atoms with Crippen molar-refractivity contribution in [2.24, 2.45) is 0 Å². The lowest BCUT2D eigenvalue weighted by Crippen LogP contribution is -2.19. The Labute approximate surface area is 149 Å². The molecule has 0 radical (unpaired) electrons. The van der Waals surface area contributed by atoms with Crippen molar-refractivity contribution in [1.82, 2.24) is 4.98 Å². The van der Waals surface area contributed by atoms with Crippen LogP contribution in [0.15, 0.2) is 73.1 Å². The van der Waals surface area contributed by atoms with Crippen LogP contribution in [0.2, 0.25) is 10.0 Å². The summed E-state index contributed by atoms with van der Waals surface area (Å²) < 4.78 is 5.93. The first kappa shape index (κ1) is 16.5. The Bertz CT molecular complexity index is 836. The molecule has 0 aliphatic carbocycles. The predicted molar refractivity (Wildman–Crippen MR) is 94.8 cm³/mol. The molecule has 24 heavy (non-hydrogen) atoms. The van der Waals surface area contributed by atoms with E-state index in [0.29, 0.717) is 26.9 Å². The number of ether oxygens (including phenoxy) is 1. The van der Waals surface area contributed by atoms with Crippen LogP contribution in [0, 0.1) is 0 Å². The largest absolute Gasteiger partial charge is 0.477 e. The fourth-order valence-electron chi connectivity index (χ4n) is 2.26. The molecule has 1 heterocycles. The molecule has 0 fully saturated rings. The zero-order valence-electron chi connectivity index (χ0n) is 12.5. The molecule has 0 spiro atoms. The lowest BCUT2D eigenvalue weighted by molar-refractivity contribution is 0.0792. The molecule has 120 valence electrons. The summed E-state index contributed by atoms with van der Waals surface area (Å²) in [5, 5.41) is 1.06. The van der Waals surface area contributed by atoms with Gasteiger partial charge in [0.15, 0.2) is 6.10 Å². The van der Waals surface area contributed by atoms with Crippen molar-refractivity contribution in [3.63, 3.8) is 0 Å². The standard InChI is InChI=1S/C19H13Cl2NO2/c20-14-7-9-15(10-8-14)24-19(16-5-1-2-6-17(16)21)18(23)13-4-3-11-22-12-13/h1-12,19H. The van der Waals surface area contributed by atoms with E-state index in [-0.39, 0.29) is 5.78 Å². The highest BCUT2D eigenvalue weighted by molar-refractivity contribution is 6.31. The van der Waals surface area contributed by atoms with Gasteiger partial charge in [0.05, 0.1) is 0 Å². The van der Waals surface area contributed by atoms with Crippen LogP contribution in [0.4, 0.5) is 0 Å². The van der Waals surface area contributed by atoms with Crippen molar-refractivity contribution in [1.29, 1.82) is 0 Å². The van der Waals surface area contributed by atoms with E-state index >= 15 is 0 Å². The number of Topliss-reactive ketones (excluding diaryl/α,β-unsaturated/α-hetero) is 1. The summed E-state index contributed by atoms with van der Waals surface area (Å²) in [6.45, 7) is 0. The number of benzene rings is 2. The van der Waals surface area contributed by atoms with Crippen LogP contribution in [0.25, 0.3) is 0 Å². The molecule has 0 saturated carbocycles. The van der Waals surface area contributed by atoms with Crippen LogP contribution in [-0.2, 0) is 0 Å². The van der Waals surface area contributed by atoms with Gasteiger partial charge in [0.2, 0.25) is 5.78 Å². The topological polar surface area (TPSA) is 39.2 Å². The maximum atomic E-state index is 12.9. The van der Waals surface area contributed by atoms with Crippen LogP contribution in [0.3, 0.4) is 0 Å². The van der Waals surface area contributed by atoms with Crippen LogP contribution in [0.1, 0.15) is 22.0 Å². The molecule has 0 aliphatic heterocycles. The summed E-state index contributed by atoms with van der Waals surface area (Å²) in [5.41, 5.74) is 1.05. The summed E-state index contributed by atoms with van der Waals surface area (Å²) in [4.78, 5) is 16.9. The molecule has 2 aromatic carbocycles. The summed E-state index contributed by atoms with van der Waals surface area (Å²) in [5.74, 6) is 0.313. The van der Waals surface area contributed by atoms with E-state index in [9.17, 15) is 4.79 Å². The first-order valence-electron chi connectivity index (χ1n) is 7.26. The van der Waals surface area contributed by atoms with Gasteiger partial charge >= 0.3 is 0 Å². The molecular weight excluding hydrogens is 345 g/mol. The Morgan fingerprint density at radius 1 is 0.958 bits per heavy atom. The number of nitrogens with zero attached hydrogens (tertiary/aromatic N) is 1. The first-order chi connectivity index (χ1) is 11.6. The van der Waals surface area contributed by atoms with Gasteiger partial charge in [0.1, 0.15) is 5.75 Å². The highest BCUT2D eigenvalue weighted by Gasteiger charge is 2.26. The Balaban J connectivity index is 1.99.